The highest BCUT2D eigenvalue weighted by molar-refractivity contribution is 7.08. The van der Waals surface area contributed by atoms with Crippen molar-refractivity contribution in [2.45, 2.75) is 12.8 Å². The number of aliphatic imine (C=N–C) groups is 1. The summed E-state index contributed by atoms with van der Waals surface area (Å²) in [6.45, 7) is 5.02. The summed E-state index contributed by atoms with van der Waals surface area (Å²) in [7, 11) is 0. The van der Waals surface area contributed by atoms with Gasteiger partial charge in [-0.15, -0.1) is 0 Å². The first-order valence-corrected chi connectivity index (χ1v) is 7.40. The fourth-order valence-corrected chi connectivity index (χ4v) is 2.65. The number of rotatable bonds is 5. The summed E-state index contributed by atoms with van der Waals surface area (Å²) in [5.74, 6) is 0. The van der Waals surface area contributed by atoms with Crippen LogP contribution in [0.5, 0.6) is 0 Å². The lowest BCUT2D eigenvalue weighted by molar-refractivity contribution is 0.974. The van der Waals surface area contributed by atoms with E-state index in [-0.39, 0.29) is 0 Å². The van der Waals surface area contributed by atoms with Gasteiger partial charge in [-0.25, -0.2) is 0 Å². The van der Waals surface area contributed by atoms with Crippen molar-refractivity contribution in [2.24, 2.45) is 10.7 Å². The molecule has 0 saturated carbocycles. The third-order valence-electron chi connectivity index (χ3n) is 2.15. The van der Waals surface area contributed by atoms with Crippen LogP contribution < -0.4 is 5.73 Å². The molecule has 92 valence electrons. The minimum atomic E-state index is 0.761. The van der Waals surface area contributed by atoms with Gasteiger partial charge in [0.2, 0.25) is 0 Å². The molecule has 0 bridgehead atoms. The van der Waals surface area contributed by atoms with Crippen molar-refractivity contribution < 1.29 is 0 Å². The predicted octanol–water partition coefficient (Wildman–Crippen LogP) is 3.24. The van der Waals surface area contributed by atoms with Crippen LogP contribution in [-0.4, -0.2) is 19.8 Å². The summed E-state index contributed by atoms with van der Waals surface area (Å²) in [6, 6.07) is 4.23. The number of hydrogen-bond acceptors (Lipinski definition) is 4. The summed E-state index contributed by atoms with van der Waals surface area (Å²) < 4.78 is 0. The van der Waals surface area contributed by atoms with Crippen molar-refractivity contribution >= 4 is 29.4 Å². The van der Waals surface area contributed by atoms with Crippen LogP contribution in [0.1, 0.15) is 11.1 Å². The molecule has 0 saturated heterocycles. The number of hydrogen-bond donors (Lipinski definition) is 1. The van der Waals surface area contributed by atoms with Gasteiger partial charge in [-0.3, -0.25) is 0 Å². The largest absolute Gasteiger partial charge is 0.330 e. The molecule has 4 heteroatoms. The van der Waals surface area contributed by atoms with Gasteiger partial charge in [0.15, 0.2) is 0 Å². The van der Waals surface area contributed by atoms with Gasteiger partial charge in [0.25, 0.3) is 0 Å². The van der Waals surface area contributed by atoms with Gasteiger partial charge in [0.05, 0.1) is 0 Å². The van der Waals surface area contributed by atoms with Crippen molar-refractivity contribution in [3.8, 4) is 0 Å². The Morgan fingerprint density at radius 3 is 2.06 bits per heavy atom. The molecular weight excluding hydrogens is 248 g/mol. The number of nitrogens with two attached hydrogens (primary N) is 1. The van der Waals surface area contributed by atoms with Gasteiger partial charge in [0.1, 0.15) is 0 Å². The molecule has 2 heterocycles. The van der Waals surface area contributed by atoms with E-state index in [1.54, 1.807) is 22.7 Å². The van der Waals surface area contributed by atoms with Gasteiger partial charge in [-0.2, -0.15) is 22.7 Å². The molecule has 2 nitrogen and oxygen atoms in total. The van der Waals surface area contributed by atoms with E-state index in [0.29, 0.717) is 0 Å². The predicted molar refractivity (Wildman–Crippen MR) is 79.5 cm³/mol. The quantitative estimate of drug-likeness (QED) is 0.829. The Bertz CT molecular complexity index is 379. The van der Waals surface area contributed by atoms with Crippen LogP contribution >= 0.6 is 22.7 Å². The van der Waals surface area contributed by atoms with E-state index in [9.17, 15) is 0 Å². The van der Waals surface area contributed by atoms with Crippen molar-refractivity contribution in [1.29, 1.82) is 0 Å². The smallest absolute Gasteiger partial charge is 0.0422 e. The lowest BCUT2D eigenvalue weighted by atomic mass is 10.2. The molecule has 0 amide bonds. The summed E-state index contributed by atoms with van der Waals surface area (Å²) >= 11 is 3.45. The zero-order chi connectivity index (χ0) is 12.3. The van der Waals surface area contributed by atoms with Crippen molar-refractivity contribution in [3.63, 3.8) is 0 Å². The van der Waals surface area contributed by atoms with Crippen LogP contribution in [0, 0.1) is 0 Å². The Labute approximate surface area is 111 Å². The van der Waals surface area contributed by atoms with Crippen LogP contribution in [0.2, 0.25) is 0 Å². The molecule has 0 unspecified atom stereocenters. The van der Waals surface area contributed by atoms with Gasteiger partial charge in [-0.1, -0.05) is 0 Å². The number of thiophene rings is 2. The standard InChI is InChI=1S/C7H9NS.C6H9NS/c1-8-4-2-7-3-5-9-6-7;7-3-1-6-2-4-8-5-6/h3,5-6H,1-2,4H2;2,4-5H,1,3,7H2. The van der Waals surface area contributed by atoms with E-state index in [4.69, 9.17) is 5.73 Å². The summed E-state index contributed by atoms with van der Waals surface area (Å²) in [4.78, 5) is 3.77. The zero-order valence-corrected chi connectivity index (χ0v) is 11.5. The Kier molecular flexibility index (Phi) is 7.54. The first-order chi connectivity index (χ1) is 8.36. The highest BCUT2D eigenvalue weighted by Crippen LogP contribution is 2.06. The molecule has 0 spiro atoms. The van der Waals surface area contributed by atoms with Crippen LogP contribution in [0.25, 0.3) is 0 Å². The van der Waals surface area contributed by atoms with Crippen LogP contribution in [0.3, 0.4) is 0 Å². The molecule has 0 aromatic carbocycles. The Morgan fingerprint density at radius 2 is 1.65 bits per heavy atom. The van der Waals surface area contributed by atoms with E-state index in [1.807, 2.05) is 0 Å². The van der Waals surface area contributed by atoms with E-state index in [2.05, 4.69) is 45.4 Å². The minimum absolute atomic E-state index is 0.761. The normalized spacial score (nSPS) is 9.47. The second-order valence-electron chi connectivity index (χ2n) is 3.50. The maximum Gasteiger partial charge on any atom is 0.0422 e. The Hall–Kier alpha value is -0.970. The number of nitrogens with zero attached hydrogens (tertiary/aromatic N) is 1. The first-order valence-electron chi connectivity index (χ1n) is 5.51. The van der Waals surface area contributed by atoms with E-state index in [0.717, 1.165) is 25.9 Å². The Morgan fingerprint density at radius 1 is 1.06 bits per heavy atom. The molecule has 2 N–H and O–H groups in total. The first kappa shape index (κ1) is 14.1. The maximum absolute atomic E-state index is 5.32. The molecule has 17 heavy (non-hydrogen) atoms. The third kappa shape index (κ3) is 6.36. The average molecular weight is 266 g/mol. The third-order valence-corrected chi connectivity index (χ3v) is 3.62. The monoisotopic (exact) mass is 266 g/mol. The summed E-state index contributed by atoms with van der Waals surface area (Å²) in [6.07, 6.45) is 2.05. The van der Waals surface area contributed by atoms with E-state index < -0.39 is 0 Å². The summed E-state index contributed by atoms with van der Waals surface area (Å²) in [5.41, 5.74) is 8.05. The molecule has 0 fully saturated rings. The highest BCUT2D eigenvalue weighted by Gasteiger charge is 1.88. The molecule has 0 aliphatic carbocycles. The molecule has 2 aromatic rings. The molecule has 0 atom stereocenters. The second-order valence-corrected chi connectivity index (χ2v) is 5.06. The van der Waals surface area contributed by atoms with Crippen LogP contribution in [0.4, 0.5) is 0 Å². The lowest BCUT2D eigenvalue weighted by Gasteiger charge is -1.87. The van der Waals surface area contributed by atoms with E-state index in [1.165, 1.54) is 11.1 Å². The molecule has 2 rings (SSSR count). The summed E-state index contributed by atoms with van der Waals surface area (Å²) in [5, 5.41) is 8.43. The zero-order valence-electron chi connectivity index (χ0n) is 9.84. The van der Waals surface area contributed by atoms with Crippen molar-refractivity contribution in [2.75, 3.05) is 13.1 Å². The molecular formula is C13H18N2S2. The molecule has 0 aliphatic heterocycles. The minimum Gasteiger partial charge on any atom is -0.330 e. The highest BCUT2D eigenvalue weighted by atomic mass is 32.1. The second kappa shape index (κ2) is 9.10. The molecule has 2 aromatic heterocycles. The van der Waals surface area contributed by atoms with Crippen molar-refractivity contribution in [1.82, 2.24) is 0 Å². The topological polar surface area (TPSA) is 38.4 Å². The molecule has 0 aliphatic rings. The van der Waals surface area contributed by atoms with Crippen LogP contribution in [-0.2, 0) is 12.8 Å². The van der Waals surface area contributed by atoms with Gasteiger partial charge in [0, 0.05) is 6.54 Å². The average Bonchev–Trinajstić information content (AvgIpc) is 3.00. The van der Waals surface area contributed by atoms with Gasteiger partial charge >= 0.3 is 0 Å². The Balaban J connectivity index is 0.000000171. The fraction of sp³-hybridized carbons (Fsp3) is 0.308. The maximum atomic E-state index is 5.32. The molecule has 0 radical (unpaired) electrons. The van der Waals surface area contributed by atoms with Gasteiger partial charge in [-0.05, 0) is 70.9 Å². The fourth-order valence-electron chi connectivity index (χ4n) is 1.24. The van der Waals surface area contributed by atoms with E-state index >= 15 is 0 Å². The van der Waals surface area contributed by atoms with Crippen LogP contribution in [0.15, 0.2) is 38.6 Å². The lowest BCUT2D eigenvalue weighted by Crippen LogP contribution is -2.00. The SMILES string of the molecule is C=NCCc1ccsc1.NCCc1ccsc1. The van der Waals surface area contributed by atoms with Gasteiger partial charge < -0.3 is 10.7 Å². The van der Waals surface area contributed by atoms with Crippen molar-refractivity contribution in [3.05, 3.63) is 44.8 Å².